The number of carbonyl (C=O) groups is 2. The van der Waals surface area contributed by atoms with Crippen molar-refractivity contribution in [1.29, 1.82) is 0 Å². The van der Waals surface area contributed by atoms with Crippen molar-refractivity contribution in [3.05, 3.63) is 11.3 Å². The van der Waals surface area contributed by atoms with Gasteiger partial charge in [-0.15, -0.1) is 16.9 Å². The number of carboxylic acid groups (broad SMARTS) is 1. The number of hydrogen-bond donors (Lipinski definition) is 3. The van der Waals surface area contributed by atoms with Crippen LogP contribution in [0, 0.1) is 0 Å². The second-order valence-corrected chi connectivity index (χ2v) is 7.05. The van der Waals surface area contributed by atoms with Crippen LogP contribution in [0.3, 0.4) is 0 Å². The number of nitrogens with one attached hydrogen (secondary N) is 1. The van der Waals surface area contributed by atoms with E-state index in [1.165, 1.54) is 28.4 Å². The number of aliphatic hydroxyl groups is 1. The Morgan fingerprint density at radius 2 is 2.41 bits per heavy atom. The van der Waals surface area contributed by atoms with Crippen LogP contribution < -0.4 is 0 Å². The average Bonchev–Trinajstić information content (AvgIpc) is 3.03. The van der Waals surface area contributed by atoms with Crippen LogP contribution in [0.1, 0.15) is 13.3 Å². The molecule has 1 aromatic heterocycles. The molecule has 0 aromatic carbocycles. The summed E-state index contributed by atoms with van der Waals surface area (Å²) in [6.45, 7) is 1.93. The SMILES string of the molecule is CCC(Sc1nnn[nH]1)C1=C(C(=O)O)N2C(=O)[C@@H](O)[C@@H]2SC1. The number of H-pyrrole nitrogens is 1. The molecule has 0 aliphatic carbocycles. The minimum atomic E-state index is -1.16. The molecular formula is C11H13N5O4S2. The molecule has 3 N–H and O–H groups in total. The second-order valence-electron chi connectivity index (χ2n) is 4.75. The molecule has 1 fully saturated rings. The van der Waals surface area contributed by atoms with Crippen LogP contribution in [-0.2, 0) is 9.59 Å². The summed E-state index contributed by atoms with van der Waals surface area (Å²) in [6, 6.07) is 0. The lowest BCUT2D eigenvalue weighted by atomic mass is 10.0. The fourth-order valence-electron chi connectivity index (χ4n) is 2.47. The van der Waals surface area contributed by atoms with Gasteiger partial charge in [-0.2, -0.15) is 0 Å². The molecule has 1 unspecified atom stereocenters. The molecule has 2 aliphatic rings. The van der Waals surface area contributed by atoms with Gasteiger partial charge in [0.1, 0.15) is 11.1 Å². The first-order chi connectivity index (χ1) is 10.5. The zero-order valence-electron chi connectivity index (χ0n) is 11.5. The number of amides is 1. The summed E-state index contributed by atoms with van der Waals surface area (Å²) < 4.78 is 0. The smallest absolute Gasteiger partial charge is 0.352 e. The maximum Gasteiger partial charge on any atom is 0.352 e. The topological polar surface area (TPSA) is 132 Å². The van der Waals surface area contributed by atoms with Crippen molar-refractivity contribution in [2.45, 2.75) is 35.2 Å². The van der Waals surface area contributed by atoms with Gasteiger partial charge < -0.3 is 10.2 Å². The highest BCUT2D eigenvalue weighted by molar-refractivity contribution is 8.01. The largest absolute Gasteiger partial charge is 0.477 e. The fraction of sp³-hybridized carbons (Fsp3) is 0.545. The van der Waals surface area contributed by atoms with E-state index in [0.29, 0.717) is 22.9 Å². The molecule has 1 saturated heterocycles. The van der Waals surface area contributed by atoms with Gasteiger partial charge in [0.25, 0.3) is 5.91 Å². The highest BCUT2D eigenvalue weighted by atomic mass is 32.2. The Balaban J connectivity index is 1.94. The number of tetrazole rings is 1. The van der Waals surface area contributed by atoms with E-state index in [0.717, 1.165) is 0 Å². The summed E-state index contributed by atoms with van der Waals surface area (Å²) in [5.74, 6) is -1.27. The van der Waals surface area contributed by atoms with Gasteiger partial charge in [-0.05, 0) is 22.4 Å². The van der Waals surface area contributed by atoms with Gasteiger partial charge >= 0.3 is 5.97 Å². The number of hydrogen-bond acceptors (Lipinski definition) is 8. The number of aromatic nitrogens is 4. The van der Waals surface area contributed by atoms with Gasteiger partial charge in [0.2, 0.25) is 5.16 Å². The Labute approximate surface area is 133 Å². The third kappa shape index (κ3) is 2.38. The van der Waals surface area contributed by atoms with E-state index in [-0.39, 0.29) is 10.9 Å². The quantitative estimate of drug-likeness (QED) is 0.486. The van der Waals surface area contributed by atoms with Gasteiger partial charge in [0.15, 0.2) is 6.10 Å². The molecule has 3 atom stereocenters. The summed E-state index contributed by atoms with van der Waals surface area (Å²) in [5.41, 5.74) is 0.628. The molecule has 0 spiro atoms. The van der Waals surface area contributed by atoms with Gasteiger partial charge in [0.05, 0.1) is 0 Å². The molecule has 118 valence electrons. The van der Waals surface area contributed by atoms with E-state index < -0.39 is 23.4 Å². The Bertz CT molecular complexity index is 634. The lowest BCUT2D eigenvalue weighted by Gasteiger charge is -2.47. The van der Waals surface area contributed by atoms with E-state index in [4.69, 9.17) is 0 Å². The highest BCUT2D eigenvalue weighted by Gasteiger charge is 2.53. The standard InChI is InChI=1S/C11H13N5O4S2/c1-2-5(22-11-12-14-15-13-11)4-3-21-9-7(17)8(18)16(9)6(4)10(19)20/h5,7,9,17H,2-3H2,1H3,(H,19,20)(H,12,13,14,15)/t5?,7-,9+/m1/s1. The molecule has 0 bridgehead atoms. The van der Waals surface area contributed by atoms with Crippen LogP contribution in [0.25, 0.3) is 0 Å². The summed E-state index contributed by atoms with van der Waals surface area (Å²) >= 11 is 2.69. The molecule has 0 saturated carbocycles. The molecule has 1 amide bonds. The number of thioether (sulfide) groups is 2. The second kappa shape index (κ2) is 5.89. The first-order valence-corrected chi connectivity index (χ1v) is 8.46. The van der Waals surface area contributed by atoms with E-state index >= 15 is 0 Å². The number of aliphatic carboxylic acids is 1. The number of aromatic amines is 1. The molecule has 0 radical (unpaired) electrons. The predicted molar refractivity (Wildman–Crippen MR) is 77.9 cm³/mol. The van der Waals surface area contributed by atoms with E-state index in [9.17, 15) is 19.8 Å². The van der Waals surface area contributed by atoms with Crippen molar-refractivity contribution in [3.8, 4) is 0 Å². The van der Waals surface area contributed by atoms with Gasteiger partial charge in [0, 0.05) is 11.0 Å². The Kier molecular flexibility index (Phi) is 4.10. The maximum atomic E-state index is 11.8. The molecule has 3 rings (SSSR count). The number of nitrogens with zero attached hydrogens (tertiary/aromatic N) is 4. The van der Waals surface area contributed by atoms with E-state index in [1.807, 2.05) is 6.92 Å². The Morgan fingerprint density at radius 3 is 3.00 bits per heavy atom. The first-order valence-electron chi connectivity index (χ1n) is 6.54. The Morgan fingerprint density at radius 1 is 1.64 bits per heavy atom. The number of aliphatic hydroxyl groups excluding tert-OH is 1. The normalized spacial score (nSPS) is 25.7. The average molecular weight is 343 g/mol. The molecular weight excluding hydrogens is 330 g/mol. The summed E-state index contributed by atoms with van der Waals surface area (Å²) in [7, 11) is 0. The van der Waals surface area contributed by atoms with E-state index in [2.05, 4.69) is 20.6 Å². The third-order valence-electron chi connectivity index (χ3n) is 3.51. The van der Waals surface area contributed by atoms with Crippen molar-refractivity contribution < 1.29 is 19.8 Å². The molecule has 2 aliphatic heterocycles. The molecule has 11 heteroatoms. The fourth-order valence-corrected chi connectivity index (χ4v) is 4.87. The van der Waals surface area contributed by atoms with Crippen LogP contribution in [0.4, 0.5) is 0 Å². The number of β-lactam (4-membered cyclic amide) rings is 1. The molecule has 3 heterocycles. The number of rotatable bonds is 5. The zero-order chi connectivity index (χ0) is 15.9. The first kappa shape index (κ1) is 15.3. The Hall–Kier alpha value is -1.59. The zero-order valence-corrected chi connectivity index (χ0v) is 13.1. The van der Waals surface area contributed by atoms with Crippen LogP contribution >= 0.6 is 23.5 Å². The minimum absolute atomic E-state index is 0.0223. The highest BCUT2D eigenvalue weighted by Crippen LogP contribution is 2.43. The lowest BCUT2D eigenvalue weighted by molar-refractivity contribution is -0.159. The van der Waals surface area contributed by atoms with Crippen molar-refractivity contribution >= 4 is 35.4 Å². The van der Waals surface area contributed by atoms with Gasteiger partial charge in [-0.1, -0.05) is 18.7 Å². The summed E-state index contributed by atoms with van der Waals surface area (Å²) in [6.07, 6.45) is -0.458. The summed E-state index contributed by atoms with van der Waals surface area (Å²) in [4.78, 5) is 24.6. The third-order valence-corrected chi connectivity index (χ3v) is 6.10. The van der Waals surface area contributed by atoms with E-state index in [1.54, 1.807) is 0 Å². The number of carboxylic acids is 1. The van der Waals surface area contributed by atoms with Crippen LogP contribution in [0.2, 0.25) is 0 Å². The van der Waals surface area contributed by atoms with Gasteiger partial charge in [-0.3, -0.25) is 9.69 Å². The van der Waals surface area contributed by atoms with Crippen LogP contribution in [0.15, 0.2) is 16.4 Å². The molecule has 9 nitrogen and oxygen atoms in total. The number of carbonyl (C=O) groups excluding carboxylic acids is 1. The number of fused-ring (bicyclic) bond motifs is 1. The molecule has 1 aromatic rings. The summed E-state index contributed by atoms with van der Waals surface area (Å²) in [5, 5.41) is 32.4. The maximum absolute atomic E-state index is 11.8. The molecule has 22 heavy (non-hydrogen) atoms. The van der Waals surface area contributed by atoms with Crippen molar-refractivity contribution in [2.75, 3.05) is 5.75 Å². The van der Waals surface area contributed by atoms with Crippen LogP contribution in [0.5, 0.6) is 0 Å². The van der Waals surface area contributed by atoms with Crippen molar-refractivity contribution in [1.82, 2.24) is 25.5 Å². The monoisotopic (exact) mass is 343 g/mol. The van der Waals surface area contributed by atoms with Crippen molar-refractivity contribution in [2.24, 2.45) is 0 Å². The predicted octanol–water partition coefficient (Wildman–Crippen LogP) is -0.315. The minimum Gasteiger partial charge on any atom is -0.477 e. The van der Waals surface area contributed by atoms with Crippen molar-refractivity contribution in [3.63, 3.8) is 0 Å². The van der Waals surface area contributed by atoms with Gasteiger partial charge in [-0.25, -0.2) is 9.89 Å². The van der Waals surface area contributed by atoms with Crippen LogP contribution in [-0.4, -0.2) is 70.1 Å². The lowest BCUT2D eigenvalue weighted by Crippen LogP contribution is -2.65.